The number of amides is 1. The van der Waals surface area contributed by atoms with Gasteiger partial charge in [-0.2, -0.15) is 11.8 Å². The monoisotopic (exact) mass is 219 g/mol. The summed E-state index contributed by atoms with van der Waals surface area (Å²) in [5.41, 5.74) is 0. The van der Waals surface area contributed by atoms with Crippen molar-refractivity contribution in [3.8, 4) is 0 Å². The molecule has 2 N–H and O–H groups in total. The maximum Gasteiger partial charge on any atom is 0.326 e. The molecule has 0 radical (unpaired) electrons. The molecule has 1 amide bonds. The number of thioether (sulfide) groups is 1. The van der Waals surface area contributed by atoms with E-state index in [2.05, 4.69) is 12.2 Å². The van der Waals surface area contributed by atoms with E-state index in [9.17, 15) is 9.59 Å². The zero-order valence-corrected chi connectivity index (χ0v) is 9.39. The molecule has 0 heterocycles. The highest BCUT2D eigenvalue weighted by molar-refractivity contribution is 7.99. The van der Waals surface area contributed by atoms with Gasteiger partial charge in [-0.05, 0) is 24.3 Å². The molecule has 82 valence electrons. The summed E-state index contributed by atoms with van der Waals surface area (Å²) in [7, 11) is 0. The van der Waals surface area contributed by atoms with Gasteiger partial charge in [0.25, 0.3) is 0 Å². The predicted molar refractivity (Wildman–Crippen MR) is 57.5 cm³/mol. The number of carbonyl (C=O) groups excluding carboxylic acids is 1. The van der Waals surface area contributed by atoms with Crippen LogP contribution in [0.15, 0.2) is 0 Å². The molecule has 14 heavy (non-hydrogen) atoms. The Morgan fingerprint density at radius 2 is 2.07 bits per heavy atom. The molecule has 0 aliphatic rings. The summed E-state index contributed by atoms with van der Waals surface area (Å²) in [6.45, 7) is 3.41. The fraction of sp³-hybridized carbons (Fsp3) is 0.778. The number of carbonyl (C=O) groups is 2. The van der Waals surface area contributed by atoms with Crippen LogP contribution in [0.5, 0.6) is 0 Å². The fourth-order valence-corrected chi connectivity index (χ4v) is 1.85. The summed E-state index contributed by atoms with van der Waals surface area (Å²) in [6.07, 6.45) is 1.57. The van der Waals surface area contributed by atoms with Gasteiger partial charge in [0.15, 0.2) is 0 Å². The average Bonchev–Trinajstić information content (AvgIpc) is 2.09. The number of carboxylic acids is 1. The van der Waals surface area contributed by atoms with Gasteiger partial charge in [0.2, 0.25) is 5.91 Å². The van der Waals surface area contributed by atoms with Gasteiger partial charge in [-0.25, -0.2) is 4.79 Å². The molecule has 1 unspecified atom stereocenters. The fourth-order valence-electron chi connectivity index (χ4n) is 0.950. The van der Waals surface area contributed by atoms with E-state index >= 15 is 0 Å². The largest absolute Gasteiger partial charge is 0.480 e. The van der Waals surface area contributed by atoms with Crippen LogP contribution in [-0.2, 0) is 9.59 Å². The van der Waals surface area contributed by atoms with Crippen molar-refractivity contribution in [2.45, 2.75) is 32.7 Å². The summed E-state index contributed by atoms with van der Waals surface area (Å²) in [5, 5.41) is 11.2. The molecule has 0 fully saturated rings. The van der Waals surface area contributed by atoms with Crippen molar-refractivity contribution in [1.29, 1.82) is 0 Å². The Hall–Kier alpha value is -0.710. The Bertz CT molecular complexity index is 196. The molecule has 0 aromatic carbocycles. The molecule has 0 aromatic rings. The zero-order valence-electron chi connectivity index (χ0n) is 8.58. The summed E-state index contributed by atoms with van der Waals surface area (Å²) < 4.78 is 0. The van der Waals surface area contributed by atoms with Crippen molar-refractivity contribution in [1.82, 2.24) is 5.32 Å². The van der Waals surface area contributed by atoms with Crippen LogP contribution in [-0.4, -0.2) is 34.5 Å². The van der Waals surface area contributed by atoms with E-state index in [1.165, 1.54) is 6.92 Å². The highest BCUT2D eigenvalue weighted by atomic mass is 32.2. The van der Waals surface area contributed by atoms with Gasteiger partial charge in [0, 0.05) is 6.92 Å². The number of aliphatic carboxylic acids is 1. The van der Waals surface area contributed by atoms with Crippen LogP contribution in [0.2, 0.25) is 0 Å². The molecule has 0 spiro atoms. The van der Waals surface area contributed by atoms with E-state index in [0.717, 1.165) is 17.9 Å². The van der Waals surface area contributed by atoms with Crippen LogP contribution in [0.4, 0.5) is 0 Å². The van der Waals surface area contributed by atoms with E-state index in [-0.39, 0.29) is 5.91 Å². The Kier molecular flexibility index (Phi) is 7.28. The number of hydrogen-bond donors (Lipinski definition) is 2. The first-order chi connectivity index (χ1) is 6.57. The lowest BCUT2D eigenvalue weighted by Gasteiger charge is -2.12. The van der Waals surface area contributed by atoms with E-state index in [1.54, 1.807) is 11.8 Å². The molecule has 0 bridgehead atoms. The van der Waals surface area contributed by atoms with Crippen molar-refractivity contribution in [3.63, 3.8) is 0 Å². The van der Waals surface area contributed by atoms with Gasteiger partial charge in [0.05, 0.1) is 0 Å². The quantitative estimate of drug-likeness (QED) is 0.629. The van der Waals surface area contributed by atoms with Crippen LogP contribution in [0.1, 0.15) is 26.7 Å². The lowest BCUT2D eigenvalue weighted by molar-refractivity contribution is -0.141. The lowest BCUT2D eigenvalue weighted by atomic mass is 10.2. The third-order valence-corrected chi connectivity index (χ3v) is 2.80. The van der Waals surface area contributed by atoms with Crippen LogP contribution in [0.3, 0.4) is 0 Å². The number of carboxylic acid groups (broad SMARTS) is 1. The SMILES string of the molecule is CCCSCCC(NC(C)=O)C(=O)O. The summed E-state index contributed by atoms with van der Waals surface area (Å²) >= 11 is 1.71. The van der Waals surface area contributed by atoms with E-state index in [1.807, 2.05) is 0 Å². The van der Waals surface area contributed by atoms with Crippen LogP contribution in [0.25, 0.3) is 0 Å². The maximum atomic E-state index is 10.7. The zero-order chi connectivity index (χ0) is 11.0. The van der Waals surface area contributed by atoms with Gasteiger partial charge in [-0.1, -0.05) is 6.92 Å². The molecule has 0 rings (SSSR count). The Balaban J connectivity index is 3.74. The lowest BCUT2D eigenvalue weighted by Crippen LogP contribution is -2.39. The Labute approximate surface area is 88.4 Å². The second-order valence-electron chi connectivity index (χ2n) is 2.99. The molecule has 4 nitrogen and oxygen atoms in total. The third kappa shape index (κ3) is 6.77. The summed E-state index contributed by atoms with van der Waals surface area (Å²) in [6, 6.07) is -0.739. The molecule has 5 heteroatoms. The number of rotatable bonds is 7. The molecule has 0 saturated carbocycles. The van der Waals surface area contributed by atoms with Crippen LogP contribution < -0.4 is 5.32 Å². The Morgan fingerprint density at radius 3 is 2.50 bits per heavy atom. The van der Waals surface area contributed by atoms with Crippen LogP contribution >= 0.6 is 11.8 Å². The normalized spacial score (nSPS) is 12.1. The molecule has 0 aliphatic carbocycles. The summed E-state index contributed by atoms with van der Waals surface area (Å²) in [5.74, 6) is 0.549. The van der Waals surface area contributed by atoms with E-state index in [4.69, 9.17) is 5.11 Å². The number of nitrogens with one attached hydrogen (secondary N) is 1. The Morgan fingerprint density at radius 1 is 1.43 bits per heavy atom. The predicted octanol–water partition coefficient (Wildman–Crippen LogP) is 1.11. The smallest absolute Gasteiger partial charge is 0.326 e. The van der Waals surface area contributed by atoms with E-state index < -0.39 is 12.0 Å². The highest BCUT2D eigenvalue weighted by Crippen LogP contribution is 2.06. The molecular weight excluding hydrogens is 202 g/mol. The van der Waals surface area contributed by atoms with Gasteiger partial charge in [0.1, 0.15) is 6.04 Å². The first kappa shape index (κ1) is 13.3. The van der Waals surface area contributed by atoms with Gasteiger partial charge in [-0.15, -0.1) is 0 Å². The first-order valence-corrected chi connectivity index (χ1v) is 5.81. The first-order valence-electron chi connectivity index (χ1n) is 4.65. The summed E-state index contributed by atoms with van der Waals surface area (Å²) in [4.78, 5) is 21.3. The van der Waals surface area contributed by atoms with Gasteiger partial charge in [-0.3, -0.25) is 4.79 Å². The number of hydrogen-bond acceptors (Lipinski definition) is 3. The van der Waals surface area contributed by atoms with Crippen molar-refractivity contribution < 1.29 is 14.7 Å². The standard InChI is InChI=1S/C9H17NO3S/c1-3-5-14-6-4-8(9(12)13)10-7(2)11/h8H,3-6H2,1-2H3,(H,10,11)(H,12,13). The van der Waals surface area contributed by atoms with Crippen molar-refractivity contribution >= 4 is 23.6 Å². The molecular formula is C9H17NO3S. The third-order valence-electron chi connectivity index (χ3n) is 1.57. The maximum absolute atomic E-state index is 10.7. The second kappa shape index (κ2) is 7.67. The topological polar surface area (TPSA) is 66.4 Å². The molecule has 0 saturated heterocycles. The van der Waals surface area contributed by atoms with Crippen LogP contribution in [0, 0.1) is 0 Å². The highest BCUT2D eigenvalue weighted by Gasteiger charge is 2.17. The minimum Gasteiger partial charge on any atom is -0.480 e. The van der Waals surface area contributed by atoms with E-state index in [0.29, 0.717) is 6.42 Å². The molecule has 1 atom stereocenters. The minimum absolute atomic E-state index is 0.294. The molecule has 0 aliphatic heterocycles. The average molecular weight is 219 g/mol. The van der Waals surface area contributed by atoms with Gasteiger partial charge >= 0.3 is 5.97 Å². The molecule has 0 aromatic heterocycles. The second-order valence-corrected chi connectivity index (χ2v) is 4.22. The van der Waals surface area contributed by atoms with Crippen molar-refractivity contribution in [2.75, 3.05) is 11.5 Å². The van der Waals surface area contributed by atoms with Crippen molar-refractivity contribution in [2.24, 2.45) is 0 Å². The minimum atomic E-state index is -0.961. The van der Waals surface area contributed by atoms with Crippen molar-refractivity contribution in [3.05, 3.63) is 0 Å². The van der Waals surface area contributed by atoms with Gasteiger partial charge < -0.3 is 10.4 Å².